The molecule has 0 saturated carbocycles. The lowest BCUT2D eigenvalue weighted by molar-refractivity contribution is -0.141. The number of thioether (sulfide) groups is 1. The van der Waals surface area contributed by atoms with Gasteiger partial charge in [-0.1, -0.05) is 11.8 Å². The number of carbonyl (C=O) groups is 1. The molecule has 0 aliphatic carbocycles. The number of halogens is 3. The fourth-order valence-corrected chi connectivity index (χ4v) is 2.67. The number of hydrogen-bond donors (Lipinski definition) is 3. The Morgan fingerprint density at radius 2 is 2.08 bits per heavy atom. The second-order valence-electron chi connectivity index (χ2n) is 4.94. The summed E-state index contributed by atoms with van der Waals surface area (Å²) >= 11 is 0.699. The highest BCUT2D eigenvalue weighted by molar-refractivity contribution is 7.99. The number of aromatic amines is 2. The molecule has 0 spiro atoms. The number of amides is 1. The van der Waals surface area contributed by atoms with E-state index < -0.39 is 23.3 Å². The van der Waals surface area contributed by atoms with Crippen molar-refractivity contribution in [3.05, 3.63) is 46.5 Å². The van der Waals surface area contributed by atoms with Gasteiger partial charge in [-0.3, -0.25) is 14.7 Å². The van der Waals surface area contributed by atoms with E-state index in [0.717, 1.165) is 10.9 Å². The van der Waals surface area contributed by atoms with Crippen molar-refractivity contribution in [1.29, 1.82) is 0 Å². The summed E-state index contributed by atoms with van der Waals surface area (Å²) in [6, 6.07) is 5.47. The van der Waals surface area contributed by atoms with Crippen LogP contribution < -0.4 is 10.9 Å². The molecule has 2 heterocycles. The zero-order valence-electron chi connectivity index (χ0n) is 12.3. The minimum Gasteiger partial charge on any atom is -0.325 e. The summed E-state index contributed by atoms with van der Waals surface area (Å²) in [6.45, 7) is 0. The standard InChI is InChI=1S/C14H10F3N5O2S/c15-14(16,17)10-4-11(23)21-13(20-10)25-6-12(24)19-8-2-1-7-5-18-22-9(7)3-8/h1-5H,6H2,(H,18,22)(H,19,24)(H,20,21,23). The smallest absolute Gasteiger partial charge is 0.325 e. The Hall–Kier alpha value is -2.82. The summed E-state index contributed by atoms with van der Waals surface area (Å²) in [4.78, 5) is 28.7. The predicted octanol–water partition coefficient (Wildman–Crippen LogP) is 2.40. The molecule has 11 heteroatoms. The maximum absolute atomic E-state index is 12.6. The minimum absolute atomic E-state index is 0.217. The third kappa shape index (κ3) is 4.18. The molecular weight excluding hydrogens is 359 g/mol. The second kappa shape index (κ2) is 6.59. The van der Waals surface area contributed by atoms with Crippen LogP contribution in [-0.4, -0.2) is 31.8 Å². The highest BCUT2D eigenvalue weighted by Gasteiger charge is 2.33. The molecule has 1 amide bonds. The van der Waals surface area contributed by atoms with Crippen LogP contribution in [0.4, 0.5) is 18.9 Å². The topological polar surface area (TPSA) is 104 Å². The fourth-order valence-electron chi connectivity index (χ4n) is 1.99. The van der Waals surface area contributed by atoms with Crippen LogP contribution in [0.1, 0.15) is 5.69 Å². The summed E-state index contributed by atoms with van der Waals surface area (Å²) in [5, 5.41) is 9.81. The molecule has 7 nitrogen and oxygen atoms in total. The maximum Gasteiger partial charge on any atom is 0.433 e. The molecule has 0 unspecified atom stereocenters. The number of nitrogens with zero attached hydrogens (tertiary/aromatic N) is 2. The first kappa shape index (κ1) is 17.0. The third-order valence-electron chi connectivity index (χ3n) is 3.08. The van der Waals surface area contributed by atoms with Crippen LogP contribution in [0, 0.1) is 0 Å². The number of rotatable bonds is 4. The van der Waals surface area contributed by atoms with Crippen LogP contribution in [0.25, 0.3) is 10.9 Å². The van der Waals surface area contributed by atoms with E-state index in [1.807, 2.05) is 0 Å². The van der Waals surface area contributed by atoms with Gasteiger partial charge in [0.2, 0.25) is 5.91 Å². The van der Waals surface area contributed by atoms with E-state index in [1.165, 1.54) is 0 Å². The van der Waals surface area contributed by atoms with Gasteiger partial charge >= 0.3 is 6.18 Å². The van der Waals surface area contributed by atoms with Crippen LogP contribution in [0.15, 0.2) is 40.4 Å². The molecule has 0 aliphatic rings. The van der Waals surface area contributed by atoms with Crippen molar-refractivity contribution in [2.75, 3.05) is 11.1 Å². The number of fused-ring (bicyclic) bond motifs is 1. The molecule has 1 aromatic carbocycles. The summed E-state index contributed by atoms with van der Waals surface area (Å²) < 4.78 is 37.9. The molecule has 0 atom stereocenters. The third-order valence-corrected chi connectivity index (χ3v) is 3.95. The molecule has 130 valence electrons. The van der Waals surface area contributed by atoms with Gasteiger partial charge in [0.05, 0.1) is 17.5 Å². The lowest BCUT2D eigenvalue weighted by Crippen LogP contribution is -2.18. The molecule has 0 bridgehead atoms. The van der Waals surface area contributed by atoms with Crippen molar-refractivity contribution in [3.63, 3.8) is 0 Å². The van der Waals surface area contributed by atoms with Crippen molar-refractivity contribution in [2.24, 2.45) is 0 Å². The van der Waals surface area contributed by atoms with E-state index in [4.69, 9.17) is 0 Å². The monoisotopic (exact) mass is 369 g/mol. The Morgan fingerprint density at radius 3 is 2.84 bits per heavy atom. The molecular formula is C14H10F3N5O2S. The molecule has 25 heavy (non-hydrogen) atoms. The number of carbonyl (C=O) groups excluding carboxylic acids is 1. The van der Waals surface area contributed by atoms with Crippen molar-refractivity contribution < 1.29 is 18.0 Å². The van der Waals surface area contributed by atoms with Crippen molar-refractivity contribution in [3.8, 4) is 0 Å². The number of anilines is 1. The van der Waals surface area contributed by atoms with Crippen LogP contribution >= 0.6 is 11.8 Å². The van der Waals surface area contributed by atoms with Gasteiger partial charge in [-0.25, -0.2) is 4.98 Å². The van der Waals surface area contributed by atoms with Gasteiger partial charge in [0.15, 0.2) is 10.9 Å². The largest absolute Gasteiger partial charge is 0.433 e. The maximum atomic E-state index is 12.6. The van der Waals surface area contributed by atoms with Gasteiger partial charge in [0.25, 0.3) is 5.56 Å². The van der Waals surface area contributed by atoms with E-state index in [1.54, 1.807) is 24.4 Å². The van der Waals surface area contributed by atoms with Gasteiger partial charge in [0, 0.05) is 17.1 Å². The van der Waals surface area contributed by atoms with Gasteiger partial charge in [-0.2, -0.15) is 18.3 Å². The first-order chi connectivity index (χ1) is 11.8. The predicted molar refractivity (Wildman–Crippen MR) is 85.3 cm³/mol. The first-order valence-electron chi connectivity index (χ1n) is 6.85. The molecule has 0 radical (unpaired) electrons. The Bertz CT molecular complexity index is 982. The number of alkyl halides is 3. The van der Waals surface area contributed by atoms with Crippen molar-refractivity contribution in [2.45, 2.75) is 11.3 Å². The summed E-state index contributed by atoms with van der Waals surface area (Å²) in [7, 11) is 0. The van der Waals surface area contributed by atoms with Gasteiger partial charge < -0.3 is 10.3 Å². The number of H-pyrrole nitrogens is 2. The number of benzene rings is 1. The number of aromatic nitrogens is 4. The molecule has 0 saturated heterocycles. The summed E-state index contributed by atoms with van der Waals surface area (Å²) in [5.74, 6) is -0.672. The van der Waals surface area contributed by atoms with Crippen LogP contribution in [-0.2, 0) is 11.0 Å². The van der Waals surface area contributed by atoms with E-state index in [2.05, 4.69) is 25.5 Å². The Morgan fingerprint density at radius 1 is 1.28 bits per heavy atom. The van der Waals surface area contributed by atoms with Gasteiger partial charge in [0.1, 0.15) is 0 Å². The zero-order chi connectivity index (χ0) is 18.0. The van der Waals surface area contributed by atoms with E-state index in [0.29, 0.717) is 23.5 Å². The Kier molecular flexibility index (Phi) is 4.49. The summed E-state index contributed by atoms with van der Waals surface area (Å²) in [5.41, 5.74) is -0.999. The Labute approximate surface area is 142 Å². The van der Waals surface area contributed by atoms with Crippen LogP contribution in [0.2, 0.25) is 0 Å². The average molecular weight is 369 g/mol. The average Bonchev–Trinajstić information content (AvgIpc) is 2.99. The van der Waals surface area contributed by atoms with Gasteiger partial charge in [-0.05, 0) is 18.2 Å². The Balaban J connectivity index is 1.66. The summed E-state index contributed by atoms with van der Waals surface area (Å²) in [6.07, 6.45) is -3.10. The molecule has 0 aliphatic heterocycles. The van der Waals surface area contributed by atoms with E-state index in [-0.39, 0.29) is 10.9 Å². The highest BCUT2D eigenvalue weighted by Crippen LogP contribution is 2.27. The lowest BCUT2D eigenvalue weighted by atomic mass is 10.2. The molecule has 0 fully saturated rings. The van der Waals surface area contributed by atoms with E-state index in [9.17, 15) is 22.8 Å². The molecule has 3 aromatic rings. The fraction of sp³-hybridized carbons (Fsp3) is 0.143. The molecule has 2 aromatic heterocycles. The van der Waals surface area contributed by atoms with E-state index >= 15 is 0 Å². The van der Waals surface area contributed by atoms with Gasteiger partial charge in [-0.15, -0.1) is 0 Å². The van der Waals surface area contributed by atoms with Crippen molar-refractivity contribution >= 4 is 34.3 Å². The molecule has 3 rings (SSSR count). The van der Waals surface area contributed by atoms with Crippen LogP contribution in [0.3, 0.4) is 0 Å². The minimum atomic E-state index is -4.73. The lowest BCUT2D eigenvalue weighted by Gasteiger charge is -2.07. The first-order valence-corrected chi connectivity index (χ1v) is 7.84. The van der Waals surface area contributed by atoms with Crippen LogP contribution in [0.5, 0.6) is 0 Å². The number of nitrogens with one attached hydrogen (secondary N) is 3. The van der Waals surface area contributed by atoms with Crippen molar-refractivity contribution in [1.82, 2.24) is 20.2 Å². The normalized spacial score (nSPS) is 11.6. The zero-order valence-corrected chi connectivity index (χ0v) is 13.2. The molecule has 3 N–H and O–H groups in total. The highest BCUT2D eigenvalue weighted by atomic mass is 32.2. The second-order valence-corrected chi connectivity index (χ2v) is 5.91. The SMILES string of the molecule is O=C(CSc1nc(C(F)(F)F)cc(=O)[nH]1)Nc1ccc2cn[nH]c2c1. The quantitative estimate of drug-likeness (QED) is 0.484. The number of hydrogen-bond acceptors (Lipinski definition) is 5.